The largest absolute Gasteiger partial charge is 0.412 e. The summed E-state index contributed by atoms with van der Waals surface area (Å²) in [5.41, 5.74) is 2.33. The monoisotopic (exact) mass is 286 g/mol. The molecule has 1 heterocycles. The van der Waals surface area contributed by atoms with Gasteiger partial charge in [-0.3, -0.25) is 0 Å². The highest BCUT2D eigenvalue weighted by Crippen LogP contribution is 2.27. The number of hydrogen-bond donors (Lipinski definition) is 1. The third-order valence-corrected chi connectivity index (χ3v) is 3.76. The molecule has 1 aromatic heterocycles. The quantitative estimate of drug-likeness (QED) is 0.772. The van der Waals surface area contributed by atoms with E-state index in [2.05, 4.69) is 60.4 Å². The molecular formula is C16H18N2OS. The molecule has 20 heavy (non-hydrogen) atoms. The zero-order chi connectivity index (χ0) is 12.4. The molecule has 0 spiro atoms. The summed E-state index contributed by atoms with van der Waals surface area (Å²) < 4.78 is 0. The van der Waals surface area contributed by atoms with E-state index in [0.717, 1.165) is 10.5 Å². The van der Waals surface area contributed by atoms with E-state index in [-0.39, 0.29) is 11.6 Å². The zero-order valence-electron chi connectivity index (χ0n) is 11.3. The summed E-state index contributed by atoms with van der Waals surface area (Å²) in [5.74, 6) is 0. The van der Waals surface area contributed by atoms with Crippen LogP contribution in [-0.2, 0) is 0 Å². The van der Waals surface area contributed by atoms with Gasteiger partial charge in [0.25, 0.3) is 0 Å². The zero-order valence-corrected chi connectivity index (χ0v) is 12.2. The third-order valence-electron chi connectivity index (χ3n) is 2.82. The maximum absolute atomic E-state index is 4.66. The van der Waals surface area contributed by atoms with E-state index < -0.39 is 0 Å². The number of para-hydroxylation sites is 1. The number of nitrogens with zero attached hydrogens (tertiary/aromatic N) is 1. The number of fused-ring (bicyclic) bond motifs is 1. The molecule has 0 aliphatic heterocycles. The SMILES string of the molecule is Cc1ccc(Sc2ccc3ccccc3n2)cc1.N.O. The van der Waals surface area contributed by atoms with Crippen molar-refractivity contribution in [3.63, 3.8) is 0 Å². The van der Waals surface area contributed by atoms with Crippen LogP contribution in [0, 0.1) is 6.92 Å². The van der Waals surface area contributed by atoms with Gasteiger partial charge in [0.2, 0.25) is 0 Å². The molecular weight excluding hydrogens is 268 g/mol. The Bertz CT molecular complexity index is 683. The molecule has 104 valence electrons. The Morgan fingerprint density at radius 3 is 2.30 bits per heavy atom. The van der Waals surface area contributed by atoms with E-state index in [1.165, 1.54) is 15.8 Å². The Morgan fingerprint density at radius 2 is 1.55 bits per heavy atom. The second-order valence-electron chi connectivity index (χ2n) is 4.26. The van der Waals surface area contributed by atoms with E-state index in [0.29, 0.717) is 0 Å². The summed E-state index contributed by atoms with van der Waals surface area (Å²) in [6.45, 7) is 2.10. The van der Waals surface area contributed by atoms with Crippen molar-refractivity contribution in [1.29, 1.82) is 0 Å². The molecule has 0 saturated heterocycles. The molecule has 2 aromatic carbocycles. The molecule has 3 aromatic rings. The molecule has 0 saturated carbocycles. The molecule has 3 rings (SSSR count). The smallest absolute Gasteiger partial charge is 0.101 e. The van der Waals surface area contributed by atoms with Crippen LogP contribution in [0.4, 0.5) is 0 Å². The summed E-state index contributed by atoms with van der Waals surface area (Å²) in [6, 6.07) is 20.9. The van der Waals surface area contributed by atoms with E-state index in [1.807, 2.05) is 12.1 Å². The Kier molecular flexibility index (Phi) is 5.70. The van der Waals surface area contributed by atoms with Crippen LogP contribution >= 0.6 is 11.8 Å². The lowest BCUT2D eigenvalue weighted by Crippen LogP contribution is -1.82. The minimum Gasteiger partial charge on any atom is -0.412 e. The average Bonchev–Trinajstić information content (AvgIpc) is 2.41. The molecule has 3 nitrogen and oxygen atoms in total. The third kappa shape index (κ3) is 3.57. The fourth-order valence-electron chi connectivity index (χ4n) is 1.83. The summed E-state index contributed by atoms with van der Waals surface area (Å²) in [5, 5.41) is 2.23. The minimum atomic E-state index is 0. The molecule has 0 unspecified atom stereocenters. The van der Waals surface area contributed by atoms with E-state index in [1.54, 1.807) is 11.8 Å². The van der Waals surface area contributed by atoms with Crippen molar-refractivity contribution in [3.05, 3.63) is 66.2 Å². The van der Waals surface area contributed by atoms with Crippen molar-refractivity contribution in [3.8, 4) is 0 Å². The predicted octanol–water partition coefficient (Wildman–Crippen LogP) is 4.03. The highest BCUT2D eigenvalue weighted by atomic mass is 32.2. The van der Waals surface area contributed by atoms with E-state index in [4.69, 9.17) is 0 Å². The number of aryl methyl sites for hydroxylation is 1. The summed E-state index contributed by atoms with van der Waals surface area (Å²) in [7, 11) is 0. The highest BCUT2D eigenvalue weighted by Gasteiger charge is 2.00. The van der Waals surface area contributed by atoms with Gasteiger partial charge < -0.3 is 11.6 Å². The summed E-state index contributed by atoms with van der Waals surface area (Å²) in [4.78, 5) is 5.88. The molecule has 0 bridgehead atoms. The fourth-order valence-corrected chi connectivity index (χ4v) is 2.62. The molecule has 0 amide bonds. The van der Waals surface area contributed by atoms with Gasteiger partial charge in [-0.1, -0.05) is 53.7 Å². The Labute approximate surface area is 122 Å². The van der Waals surface area contributed by atoms with Crippen molar-refractivity contribution < 1.29 is 5.48 Å². The first-order valence-electron chi connectivity index (χ1n) is 5.91. The van der Waals surface area contributed by atoms with Crippen molar-refractivity contribution in [2.45, 2.75) is 16.8 Å². The Morgan fingerprint density at radius 1 is 0.850 bits per heavy atom. The normalized spacial score (nSPS) is 9.65. The Balaban J connectivity index is 0.000001000. The molecule has 4 heteroatoms. The second-order valence-corrected chi connectivity index (χ2v) is 5.35. The summed E-state index contributed by atoms with van der Waals surface area (Å²) in [6.07, 6.45) is 0. The lowest BCUT2D eigenvalue weighted by Gasteiger charge is -2.03. The second kappa shape index (κ2) is 7.05. The molecule has 5 N–H and O–H groups in total. The van der Waals surface area contributed by atoms with Gasteiger partial charge in [-0.25, -0.2) is 4.98 Å². The molecule has 0 radical (unpaired) electrons. The van der Waals surface area contributed by atoms with Crippen molar-refractivity contribution in [2.75, 3.05) is 0 Å². The standard InChI is InChI=1S/C16H13NS.H3N.H2O/c1-12-6-9-14(10-7-12)18-16-11-8-13-4-2-3-5-15(13)17-16;;/h2-11H,1H3;1H3;1H2. The first kappa shape index (κ1) is 16.2. The van der Waals surface area contributed by atoms with Crippen molar-refractivity contribution in [2.24, 2.45) is 0 Å². The van der Waals surface area contributed by atoms with Crippen molar-refractivity contribution in [1.82, 2.24) is 11.1 Å². The van der Waals surface area contributed by atoms with Gasteiger partial charge >= 0.3 is 0 Å². The molecule has 0 atom stereocenters. The fraction of sp³-hybridized carbons (Fsp3) is 0.0625. The number of benzene rings is 2. The van der Waals surface area contributed by atoms with Gasteiger partial charge in [-0.05, 0) is 31.2 Å². The van der Waals surface area contributed by atoms with Gasteiger partial charge in [0.1, 0.15) is 5.03 Å². The van der Waals surface area contributed by atoms with Gasteiger partial charge in [0.05, 0.1) is 5.52 Å². The number of hydrogen-bond acceptors (Lipinski definition) is 3. The van der Waals surface area contributed by atoms with Gasteiger partial charge in [-0.15, -0.1) is 0 Å². The van der Waals surface area contributed by atoms with Crippen LogP contribution in [0.1, 0.15) is 5.56 Å². The number of aromatic nitrogens is 1. The lowest BCUT2D eigenvalue weighted by atomic mass is 10.2. The van der Waals surface area contributed by atoms with Crippen LogP contribution in [0.15, 0.2) is 70.6 Å². The van der Waals surface area contributed by atoms with Gasteiger partial charge in [0.15, 0.2) is 0 Å². The van der Waals surface area contributed by atoms with Crippen LogP contribution in [0.5, 0.6) is 0 Å². The lowest BCUT2D eigenvalue weighted by molar-refractivity contribution is 0.824. The maximum atomic E-state index is 4.66. The first-order chi connectivity index (χ1) is 8.81. The van der Waals surface area contributed by atoms with Crippen LogP contribution in [0.2, 0.25) is 0 Å². The van der Waals surface area contributed by atoms with Gasteiger partial charge in [0, 0.05) is 10.3 Å². The highest BCUT2D eigenvalue weighted by molar-refractivity contribution is 7.99. The predicted molar refractivity (Wildman–Crippen MR) is 85.7 cm³/mol. The number of pyridine rings is 1. The van der Waals surface area contributed by atoms with E-state index >= 15 is 0 Å². The van der Waals surface area contributed by atoms with Crippen LogP contribution in [-0.4, -0.2) is 10.5 Å². The maximum Gasteiger partial charge on any atom is 0.101 e. The molecule has 0 aliphatic rings. The summed E-state index contributed by atoms with van der Waals surface area (Å²) >= 11 is 1.70. The van der Waals surface area contributed by atoms with E-state index in [9.17, 15) is 0 Å². The number of rotatable bonds is 2. The molecule has 0 aliphatic carbocycles. The average molecular weight is 286 g/mol. The van der Waals surface area contributed by atoms with Crippen LogP contribution < -0.4 is 6.15 Å². The van der Waals surface area contributed by atoms with Gasteiger partial charge in [-0.2, -0.15) is 0 Å². The van der Waals surface area contributed by atoms with Crippen molar-refractivity contribution >= 4 is 22.7 Å². The van der Waals surface area contributed by atoms with Crippen LogP contribution in [0.25, 0.3) is 10.9 Å². The topological polar surface area (TPSA) is 79.4 Å². The first-order valence-corrected chi connectivity index (χ1v) is 6.73. The Hall–Kier alpha value is -1.88. The minimum absolute atomic E-state index is 0. The molecule has 0 fully saturated rings. The van der Waals surface area contributed by atoms with Crippen LogP contribution in [0.3, 0.4) is 0 Å².